The van der Waals surface area contributed by atoms with Gasteiger partial charge in [-0.3, -0.25) is 0 Å². The molecule has 3 heteroatoms. The lowest BCUT2D eigenvalue weighted by Gasteiger charge is -2.16. The molecule has 0 spiro atoms. The third kappa shape index (κ3) is 2.52. The summed E-state index contributed by atoms with van der Waals surface area (Å²) < 4.78 is 6.93. The van der Waals surface area contributed by atoms with Crippen LogP contribution in [0.1, 0.15) is 34.3 Å². The number of hydrogen-bond acceptors (Lipinski definition) is 2. The quantitative estimate of drug-likeness (QED) is 0.915. The Balaban J connectivity index is 2.48. The average molecular weight is 308 g/mol. The summed E-state index contributed by atoms with van der Waals surface area (Å²) in [4.78, 5) is 0. The molecule has 0 aliphatic rings. The maximum Gasteiger partial charge on any atom is 0.125 e. The van der Waals surface area contributed by atoms with Gasteiger partial charge in [0, 0.05) is 4.47 Å². The summed E-state index contributed by atoms with van der Waals surface area (Å²) >= 11 is 3.61. The van der Waals surface area contributed by atoms with E-state index < -0.39 is 0 Å². The van der Waals surface area contributed by atoms with Gasteiger partial charge < -0.3 is 9.73 Å². The van der Waals surface area contributed by atoms with Gasteiger partial charge in [0.1, 0.15) is 11.5 Å². The highest BCUT2D eigenvalue weighted by molar-refractivity contribution is 9.10. The van der Waals surface area contributed by atoms with Crippen molar-refractivity contribution in [3.05, 3.63) is 56.9 Å². The van der Waals surface area contributed by atoms with E-state index in [1.807, 2.05) is 14.0 Å². The van der Waals surface area contributed by atoms with Gasteiger partial charge in [0.15, 0.2) is 0 Å². The predicted molar refractivity (Wildman–Crippen MR) is 78.0 cm³/mol. The average Bonchev–Trinajstić information content (AvgIpc) is 2.65. The summed E-state index contributed by atoms with van der Waals surface area (Å²) in [6.07, 6.45) is 0. The molecule has 0 radical (unpaired) electrons. The van der Waals surface area contributed by atoms with Crippen molar-refractivity contribution in [2.75, 3.05) is 7.05 Å². The van der Waals surface area contributed by atoms with Gasteiger partial charge in [-0.15, -0.1) is 0 Å². The van der Waals surface area contributed by atoms with Gasteiger partial charge in [-0.2, -0.15) is 0 Å². The summed E-state index contributed by atoms with van der Waals surface area (Å²) in [5.41, 5.74) is 3.63. The number of furan rings is 1. The van der Waals surface area contributed by atoms with Crippen LogP contribution in [0, 0.1) is 20.8 Å². The van der Waals surface area contributed by atoms with Crippen molar-refractivity contribution in [1.29, 1.82) is 0 Å². The van der Waals surface area contributed by atoms with Crippen molar-refractivity contribution in [3.63, 3.8) is 0 Å². The van der Waals surface area contributed by atoms with Gasteiger partial charge in [-0.25, -0.2) is 0 Å². The minimum atomic E-state index is 0.0756. The minimum absolute atomic E-state index is 0.0756. The highest BCUT2D eigenvalue weighted by Gasteiger charge is 2.19. The highest BCUT2D eigenvalue weighted by atomic mass is 79.9. The molecule has 0 bridgehead atoms. The number of rotatable bonds is 3. The van der Waals surface area contributed by atoms with E-state index in [4.69, 9.17) is 4.42 Å². The second kappa shape index (κ2) is 5.29. The Morgan fingerprint density at radius 1 is 1.17 bits per heavy atom. The highest BCUT2D eigenvalue weighted by Crippen LogP contribution is 2.31. The standard InChI is InChI=1S/C15H18BrNO/c1-9-5-6-13(16)12(7-9)15(17-4)14-8-10(2)11(3)18-14/h5-8,15,17H,1-4H3. The third-order valence-electron chi connectivity index (χ3n) is 3.22. The van der Waals surface area contributed by atoms with Crippen LogP contribution in [-0.4, -0.2) is 7.05 Å². The van der Waals surface area contributed by atoms with Gasteiger partial charge in [0.05, 0.1) is 6.04 Å². The van der Waals surface area contributed by atoms with E-state index in [9.17, 15) is 0 Å². The van der Waals surface area contributed by atoms with Gasteiger partial charge in [-0.1, -0.05) is 33.6 Å². The van der Waals surface area contributed by atoms with Crippen LogP contribution in [0.15, 0.2) is 33.2 Å². The second-order valence-corrected chi connectivity index (χ2v) is 5.49. The molecular weight excluding hydrogens is 290 g/mol. The summed E-state index contributed by atoms with van der Waals surface area (Å²) in [6, 6.07) is 8.53. The van der Waals surface area contributed by atoms with Gasteiger partial charge >= 0.3 is 0 Å². The Kier molecular flexibility index (Phi) is 3.93. The molecule has 1 unspecified atom stereocenters. The second-order valence-electron chi connectivity index (χ2n) is 4.63. The predicted octanol–water partition coefficient (Wildman–Crippen LogP) is 4.28. The van der Waals surface area contributed by atoms with Crippen LogP contribution in [0.25, 0.3) is 0 Å². The van der Waals surface area contributed by atoms with Crippen LogP contribution in [-0.2, 0) is 0 Å². The van der Waals surface area contributed by atoms with Crippen molar-refractivity contribution in [3.8, 4) is 0 Å². The van der Waals surface area contributed by atoms with Gasteiger partial charge in [0.2, 0.25) is 0 Å². The molecule has 2 rings (SSSR count). The van der Waals surface area contributed by atoms with Crippen LogP contribution < -0.4 is 5.32 Å². The molecule has 2 aromatic rings. The van der Waals surface area contributed by atoms with E-state index in [1.165, 1.54) is 16.7 Å². The van der Waals surface area contributed by atoms with Crippen LogP contribution in [0.2, 0.25) is 0 Å². The SMILES string of the molecule is CNC(c1cc(C)c(C)o1)c1cc(C)ccc1Br. The van der Waals surface area contributed by atoms with E-state index >= 15 is 0 Å². The zero-order valence-electron chi connectivity index (χ0n) is 11.2. The molecule has 0 aliphatic heterocycles. The Labute approximate surface area is 117 Å². The molecule has 18 heavy (non-hydrogen) atoms. The fourth-order valence-electron chi connectivity index (χ4n) is 2.08. The largest absolute Gasteiger partial charge is 0.464 e. The maximum absolute atomic E-state index is 5.83. The van der Waals surface area contributed by atoms with Crippen molar-refractivity contribution in [2.24, 2.45) is 0 Å². The first-order valence-electron chi connectivity index (χ1n) is 6.03. The lowest BCUT2D eigenvalue weighted by molar-refractivity contribution is 0.442. The van der Waals surface area contributed by atoms with Gasteiger partial charge in [-0.05, 0) is 51.1 Å². The first kappa shape index (κ1) is 13.4. The molecular formula is C15H18BrNO. The molecule has 2 nitrogen and oxygen atoms in total. The minimum Gasteiger partial charge on any atom is -0.464 e. The van der Waals surface area contributed by atoms with Crippen LogP contribution in [0.5, 0.6) is 0 Å². The zero-order valence-corrected chi connectivity index (χ0v) is 12.8. The van der Waals surface area contributed by atoms with E-state index in [-0.39, 0.29) is 6.04 Å². The number of aryl methyl sites for hydroxylation is 3. The molecule has 1 atom stereocenters. The van der Waals surface area contributed by atoms with Crippen molar-refractivity contribution < 1.29 is 4.42 Å². The van der Waals surface area contributed by atoms with Crippen LogP contribution >= 0.6 is 15.9 Å². The maximum atomic E-state index is 5.83. The van der Waals surface area contributed by atoms with Crippen molar-refractivity contribution >= 4 is 15.9 Å². The molecule has 1 aromatic heterocycles. The fourth-order valence-corrected chi connectivity index (χ4v) is 2.55. The molecule has 0 saturated carbocycles. The van der Waals surface area contributed by atoms with E-state index in [2.05, 4.69) is 59.4 Å². The van der Waals surface area contributed by atoms with Crippen molar-refractivity contribution in [2.45, 2.75) is 26.8 Å². The summed E-state index contributed by atoms with van der Waals surface area (Å²) in [6.45, 7) is 6.17. The Morgan fingerprint density at radius 3 is 2.44 bits per heavy atom. The van der Waals surface area contributed by atoms with E-state index in [0.29, 0.717) is 0 Å². The Hall–Kier alpha value is -1.06. The lowest BCUT2D eigenvalue weighted by Crippen LogP contribution is -2.17. The van der Waals surface area contributed by atoms with E-state index in [0.717, 1.165) is 16.0 Å². The first-order chi connectivity index (χ1) is 8.52. The monoisotopic (exact) mass is 307 g/mol. The molecule has 96 valence electrons. The summed E-state index contributed by atoms with van der Waals surface area (Å²) in [5, 5.41) is 3.32. The topological polar surface area (TPSA) is 25.2 Å². The Morgan fingerprint density at radius 2 is 1.89 bits per heavy atom. The van der Waals surface area contributed by atoms with Gasteiger partial charge in [0.25, 0.3) is 0 Å². The van der Waals surface area contributed by atoms with Crippen LogP contribution in [0.4, 0.5) is 0 Å². The normalized spacial score (nSPS) is 12.7. The first-order valence-corrected chi connectivity index (χ1v) is 6.82. The summed E-state index contributed by atoms with van der Waals surface area (Å²) in [5.74, 6) is 1.94. The fraction of sp³-hybridized carbons (Fsp3) is 0.333. The molecule has 0 saturated heterocycles. The number of nitrogens with one attached hydrogen (secondary N) is 1. The summed E-state index contributed by atoms with van der Waals surface area (Å²) in [7, 11) is 1.95. The number of hydrogen-bond donors (Lipinski definition) is 1. The molecule has 1 N–H and O–H groups in total. The van der Waals surface area contributed by atoms with E-state index in [1.54, 1.807) is 0 Å². The van der Waals surface area contributed by atoms with Crippen LogP contribution in [0.3, 0.4) is 0 Å². The Bertz CT molecular complexity index is 540. The zero-order chi connectivity index (χ0) is 13.3. The molecule has 0 amide bonds. The third-order valence-corrected chi connectivity index (χ3v) is 3.94. The smallest absolute Gasteiger partial charge is 0.125 e. The number of halogens is 1. The van der Waals surface area contributed by atoms with Crippen molar-refractivity contribution in [1.82, 2.24) is 5.32 Å². The molecule has 1 aromatic carbocycles. The molecule has 0 fully saturated rings. The lowest BCUT2D eigenvalue weighted by atomic mass is 10.0. The molecule has 1 heterocycles. The number of benzene rings is 1. The molecule has 0 aliphatic carbocycles.